The monoisotopic (exact) mass is 344 g/mol. The van der Waals surface area contributed by atoms with Crippen LogP contribution in [-0.4, -0.2) is 36.3 Å². The zero-order chi connectivity index (χ0) is 18.4. The molecule has 138 valence electrons. The van der Waals surface area contributed by atoms with Crippen molar-refractivity contribution < 1.29 is 9.59 Å². The fourth-order valence-electron chi connectivity index (χ4n) is 3.52. The molecule has 0 bridgehead atoms. The van der Waals surface area contributed by atoms with Crippen molar-refractivity contribution in [2.75, 3.05) is 24.5 Å². The minimum atomic E-state index is -0.206. The summed E-state index contributed by atoms with van der Waals surface area (Å²) in [5.74, 6) is 0.0124. The summed E-state index contributed by atoms with van der Waals surface area (Å²) in [6.07, 6.45) is 4.54. The predicted octanol–water partition coefficient (Wildman–Crippen LogP) is 4.09. The van der Waals surface area contributed by atoms with Crippen molar-refractivity contribution in [2.45, 2.75) is 59.8 Å². The van der Waals surface area contributed by atoms with Crippen LogP contribution in [0, 0.1) is 19.8 Å². The van der Waals surface area contributed by atoms with Crippen molar-refractivity contribution >= 4 is 17.5 Å². The number of hydrogen-bond donors (Lipinski definition) is 0. The number of benzene rings is 1. The molecule has 4 heteroatoms. The highest BCUT2D eigenvalue weighted by molar-refractivity contribution is 6.00. The molecule has 4 nitrogen and oxygen atoms in total. The van der Waals surface area contributed by atoms with Gasteiger partial charge in [-0.25, -0.2) is 0 Å². The van der Waals surface area contributed by atoms with E-state index in [2.05, 4.69) is 19.9 Å². The average molecular weight is 344 g/mol. The number of hydrogen-bond acceptors (Lipinski definition) is 2. The molecule has 0 saturated carbocycles. The predicted molar refractivity (Wildman–Crippen MR) is 103 cm³/mol. The number of amides is 2. The number of anilines is 1. The van der Waals surface area contributed by atoms with Crippen LogP contribution in [0.5, 0.6) is 0 Å². The quantitative estimate of drug-likeness (QED) is 0.713. The molecule has 1 atom stereocenters. The van der Waals surface area contributed by atoms with Gasteiger partial charge in [-0.2, -0.15) is 0 Å². The molecule has 1 heterocycles. The second-order valence-electron chi connectivity index (χ2n) is 7.28. The van der Waals surface area contributed by atoms with E-state index in [9.17, 15) is 9.59 Å². The Morgan fingerprint density at radius 2 is 1.64 bits per heavy atom. The van der Waals surface area contributed by atoms with Crippen LogP contribution in [0.2, 0.25) is 0 Å². The third-order valence-electron chi connectivity index (χ3n) is 4.87. The molecule has 0 N–H and O–H groups in total. The Labute approximate surface area is 152 Å². The molecule has 1 saturated heterocycles. The van der Waals surface area contributed by atoms with Gasteiger partial charge in [0, 0.05) is 31.7 Å². The lowest BCUT2D eigenvalue weighted by molar-refractivity contribution is -0.136. The Bertz CT molecular complexity index is 584. The standard InChI is InChI=1S/C21H32N2O2/c1-5-7-9-22(10-8-6-2)21(25)18-14-20(24)23(15-18)19-12-16(3)11-17(4)13-19/h11-13,18H,5-10,14-15H2,1-4H3. The Morgan fingerprint density at radius 1 is 1.08 bits per heavy atom. The van der Waals surface area contributed by atoms with Gasteiger partial charge in [0.05, 0.1) is 5.92 Å². The van der Waals surface area contributed by atoms with Crippen LogP contribution in [0.1, 0.15) is 57.1 Å². The summed E-state index contributed by atoms with van der Waals surface area (Å²) in [4.78, 5) is 29.3. The topological polar surface area (TPSA) is 40.6 Å². The Balaban J connectivity index is 2.09. The Hall–Kier alpha value is -1.84. The van der Waals surface area contributed by atoms with Crippen LogP contribution >= 0.6 is 0 Å². The molecule has 1 aromatic carbocycles. The first-order valence-corrected chi connectivity index (χ1v) is 9.63. The van der Waals surface area contributed by atoms with Crippen molar-refractivity contribution in [3.8, 4) is 0 Å². The van der Waals surface area contributed by atoms with E-state index in [1.54, 1.807) is 4.90 Å². The Morgan fingerprint density at radius 3 is 2.16 bits per heavy atom. The zero-order valence-electron chi connectivity index (χ0n) is 16.2. The Kier molecular flexibility index (Phi) is 7.03. The first kappa shape index (κ1) is 19.5. The van der Waals surface area contributed by atoms with Gasteiger partial charge < -0.3 is 9.80 Å². The fourth-order valence-corrected chi connectivity index (χ4v) is 3.52. The maximum atomic E-state index is 13.0. The molecular formula is C21H32N2O2. The van der Waals surface area contributed by atoms with E-state index in [0.717, 1.165) is 55.6 Å². The summed E-state index contributed by atoms with van der Waals surface area (Å²) in [6.45, 7) is 10.5. The normalized spacial score (nSPS) is 17.2. The van der Waals surface area contributed by atoms with Crippen LogP contribution in [0.3, 0.4) is 0 Å². The van der Waals surface area contributed by atoms with E-state index in [1.165, 1.54) is 0 Å². The van der Waals surface area contributed by atoms with Crippen molar-refractivity contribution in [1.82, 2.24) is 4.90 Å². The highest BCUT2D eigenvalue weighted by Crippen LogP contribution is 2.28. The number of carbonyl (C=O) groups is 2. The van der Waals surface area contributed by atoms with Gasteiger partial charge in [-0.3, -0.25) is 9.59 Å². The largest absolute Gasteiger partial charge is 0.342 e. The lowest BCUT2D eigenvalue weighted by atomic mass is 10.1. The summed E-state index contributed by atoms with van der Waals surface area (Å²) < 4.78 is 0. The van der Waals surface area contributed by atoms with Crippen LogP contribution < -0.4 is 4.90 Å². The van der Waals surface area contributed by atoms with Crippen molar-refractivity contribution in [1.29, 1.82) is 0 Å². The number of aryl methyl sites for hydroxylation is 2. The zero-order valence-corrected chi connectivity index (χ0v) is 16.2. The van der Waals surface area contributed by atoms with Crippen LogP contribution in [0.25, 0.3) is 0 Å². The third kappa shape index (κ3) is 5.07. The number of carbonyl (C=O) groups excluding carboxylic acids is 2. The third-order valence-corrected chi connectivity index (χ3v) is 4.87. The first-order chi connectivity index (χ1) is 12.0. The van der Waals surface area contributed by atoms with E-state index >= 15 is 0 Å². The molecule has 2 amide bonds. The van der Waals surface area contributed by atoms with Gasteiger partial charge in [0.1, 0.15) is 0 Å². The molecule has 1 aromatic rings. The molecule has 1 aliphatic heterocycles. The van der Waals surface area contributed by atoms with Crippen LogP contribution in [0.15, 0.2) is 18.2 Å². The minimum absolute atomic E-state index is 0.0642. The van der Waals surface area contributed by atoms with Crippen molar-refractivity contribution in [3.05, 3.63) is 29.3 Å². The average Bonchev–Trinajstić information content (AvgIpc) is 2.95. The minimum Gasteiger partial charge on any atom is -0.342 e. The lowest BCUT2D eigenvalue weighted by Crippen LogP contribution is -2.38. The molecule has 0 aliphatic carbocycles. The second-order valence-corrected chi connectivity index (χ2v) is 7.28. The van der Waals surface area contributed by atoms with Gasteiger partial charge in [-0.05, 0) is 49.9 Å². The van der Waals surface area contributed by atoms with E-state index in [1.807, 2.05) is 30.9 Å². The van der Waals surface area contributed by atoms with Crippen molar-refractivity contribution in [3.63, 3.8) is 0 Å². The van der Waals surface area contributed by atoms with Gasteiger partial charge in [0.15, 0.2) is 0 Å². The molecular weight excluding hydrogens is 312 g/mol. The second kappa shape index (κ2) is 9.02. The van der Waals surface area contributed by atoms with Gasteiger partial charge in [0.25, 0.3) is 0 Å². The maximum absolute atomic E-state index is 13.0. The van der Waals surface area contributed by atoms with E-state index < -0.39 is 0 Å². The summed E-state index contributed by atoms with van der Waals surface area (Å²) in [7, 11) is 0. The van der Waals surface area contributed by atoms with Crippen molar-refractivity contribution in [2.24, 2.45) is 5.92 Å². The number of nitrogens with zero attached hydrogens (tertiary/aromatic N) is 2. The highest BCUT2D eigenvalue weighted by Gasteiger charge is 2.37. The van der Waals surface area contributed by atoms with Gasteiger partial charge in [-0.15, -0.1) is 0 Å². The molecule has 0 radical (unpaired) electrons. The fraction of sp³-hybridized carbons (Fsp3) is 0.619. The summed E-state index contributed by atoms with van der Waals surface area (Å²) in [6, 6.07) is 6.16. The van der Waals surface area contributed by atoms with Crippen LogP contribution in [-0.2, 0) is 9.59 Å². The molecule has 0 aromatic heterocycles. The smallest absolute Gasteiger partial charge is 0.228 e. The summed E-state index contributed by atoms with van der Waals surface area (Å²) in [5.41, 5.74) is 3.21. The van der Waals surface area contributed by atoms with Gasteiger partial charge >= 0.3 is 0 Å². The molecule has 0 spiro atoms. The summed E-state index contributed by atoms with van der Waals surface area (Å²) >= 11 is 0. The van der Waals surface area contributed by atoms with Crippen LogP contribution in [0.4, 0.5) is 5.69 Å². The van der Waals surface area contributed by atoms with E-state index in [4.69, 9.17) is 0 Å². The van der Waals surface area contributed by atoms with Gasteiger partial charge in [-0.1, -0.05) is 32.8 Å². The highest BCUT2D eigenvalue weighted by atomic mass is 16.2. The molecule has 2 rings (SSSR count). The van der Waals surface area contributed by atoms with Gasteiger partial charge in [0.2, 0.25) is 11.8 Å². The molecule has 25 heavy (non-hydrogen) atoms. The SMILES string of the molecule is CCCCN(CCCC)C(=O)C1CC(=O)N(c2cc(C)cc(C)c2)C1. The van der Waals surface area contributed by atoms with E-state index in [0.29, 0.717) is 13.0 Å². The molecule has 1 aliphatic rings. The maximum Gasteiger partial charge on any atom is 0.228 e. The number of rotatable bonds is 8. The summed E-state index contributed by atoms with van der Waals surface area (Å²) in [5, 5.41) is 0. The molecule has 1 unspecified atom stereocenters. The lowest BCUT2D eigenvalue weighted by Gasteiger charge is -2.25. The van der Waals surface area contributed by atoms with E-state index in [-0.39, 0.29) is 17.7 Å². The molecule has 1 fully saturated rings. The number of unbranched alkanes of at least 4 members (excludes halogenated alkanes) is 2. The first-order valence-electron chi connectivity index (χ1n) is 9.63.